The number of carboxylic acids is 1. The number of aliphatic carboxylic acids is 1. The van der Waals surface area contributed by atoms with Crippen LogP contribution in [0.15, 0.2) is 18.2 Å². The van der Waals surface area contributed by atoms with Gasteiger partial charge in [-0.2, -0.15) is 0 Å². The minimum Gasteiger partial charge on any atom is -0.480 e. The van der Waals surface area contributed by atoms with Crippen molar-refractivity contribution in [1.29, 1.82) is 0 Å². The van der Waals surface area contributed by atoms with Crippen LogP contribution in [0, 0.1) is 11.8 Å². The number of rotatable bonds is 5. The quantitative estimate of drug-likeness (QED) is 0.870. The molecule has 0 radical (unpaired) electrons. The Hall–Kier alpha value is -1.26. The van der Waals surface area contributed by atoms with Gasteiger partial charge in [0.25, 0.3) is 0 Å². The molecule has 1 saturated carbocycles. The molecule has 0 spiro atoms. The van der Waals surface area contributed by atoms with E-state index in [0.29, 0.717) is 16.5 Å². The number of benzene rings is 1. The van der Waals surface area contributed by atoms with Gasteiger partial charge >= 0.3 is 5.97 Å². The van der Waals surface area contributed by atoms with E-state index in [1.165, 1.54) is 0 Å². The first kappa shape index (κ1) is 16.1. The first-order valence-electron chi connectivity index (χ1n) is 6.80. The predicted molar refractivity (Wildman–Crippen MR) is 81.7 cm³/mol. The van der Waals surface area contributed by atoms with E-state index < -0.39 is 12.0 Å². The zero-order chi connectivity index (χ0) is 15.7. The average molecular weight is 330 g/mol. The molecule has 2 unspecified atom stereocenters. The van der Waals surface area contributed by atoms with E-state index >= 15 is 0 Å². The van der Waals surface area contributed by atoms with Gasteiger partial charge in [-0.3, -0.25) is 4.79 Å². The predicted octanol–water partition coefficient (Wildman–Crippen LogP) is 3.32. The molecular formula is C15H17Cl2NO3. The molecule has 21 heavy (non-hydrogen) atoms. The van der Waals surface area contributed by atoms with Gasteiger partial charge in [-0.05, 0) is 29.9 Å². The molecule has 1 aromatic rings. The maximum Gasteiger partial charge on any atom is 0.326 e. The molecule has 0 aromatic heterocycles. The minimum absolute atomic E-state index is 0.0119. The summed E-state index contributed by atoms with van der Waals surface area (Å²) in [5, 5.41) is 12.6. The smallest absolute Gasteiger partial charge is 0.326 e. The van der Waals surface area contributed by atoms with Gasteiger partial charge in [0.1, 0.15) is 6.04 Å². The van der Waals surface area contributed by atoms with E-state index in [9.17, 15) is 9.59 Å². The zero-order valence-corrected chi connectivity index (χ0v) is 13.3. The fraction of sp³-hybridized carbons (Fsp3) is 0.467. The van der Waals surface area contributed by atoms with Crippen LogP contribution in [0.2, 0.25) is 10.0 Å². The maximum absolute atomic E-state index is 12.2. The van der Waals surface area contributed by atoms with E-state index in [1.807, 2.05) is 6.07 Å². The van der Waals surface area contributed by atoms with Crippen LogP contribution in [0.1, 0.15) is 31.7 Å². The highest BCUT2D eigenvalue weighted by atomic mass is 35.5. The molecule has 4 nitrogen and oxygen atoms in total. The van der Waals surface area contributed by atoms with Crippen LogP contribution in [0.4, 0.5) is 0 Å². The molecule has 1 fully saturated rings. The second-order valence-corrected chi connectivity index (χ2v) is 6.45. The second-order valence-electron chi connectivity index (χ2n) is 5.66. The topological polar surface area (TPSA) is 66.4 Å². The number of hydrogen-bond acceptors (Lipinski definition) is 2. The van der Waals surface area contributed by atoms with E-state index in [-0.39, 0.29) is 23.7 Å². The molecule has 1 amide bonds. The molecule has 1 aromatic carbocycles. The molecule has 0 saturated heterocycles. The van der Waals surface area contributed by atoms with Crippen molar-refractivity contribution in [2.45, 2.75) is 32.2 Å². The zero-order valence-electron chi connectivity index (χ0n) is 11.8. The van der Waals surface area contributed by atoms with Crippen molar-refractivity contribution in [2.24, 2.45) is 11.8 Å². The molecule has 114 valence electrons. The highest BCUT2D eigenvalue weighted by molar-refractivity contribution is 6.42. The van der Waals surface area contributed by atoms with Crippen molar-refractivity contribution in [1.82, 2.24) is 5.32 Å². The number of carboxylic acid groups (broad SMARTS) is 1. The number of carbonyl (C=O) groups is 2. The van der Waals surface area contributed by atoms with E-state index in [2.05, 4.69) is 5.32 Å². The fourth-order valence-corrected chi connectivity index (χ4v) is 2.86. The monoisotopic (exact) mass is 329 g/mol. The Morgan fingerprint density at radius 1 is 1.33 bits per heavy atom. The van der Waals surface area contributed by atoms with Gasteiger partial charge in [0.15, 0.2) is 0 Å². The molecule has 3 atom stereocenters. The highest BCUT2D eigenvalue weighted by Crippen LogP contribution is 2.50. The summed E-state index contributed by atoms with van der Waals surface area (Å²) in [6.07, 6.45) is 0.663. The first-order valence-corrected chi connectivity index (χ1v) is 7.55. The Morgan fingerprint density at radius 3 is 2.57 bits per heavy atom. The standard InChI is InChI=1S/C15H17Cl2NO3/c1-7(2)13(15(20)21)18-14(19)10-6-9(10)8-4-3-5-11(16)12(8)17/h3-5,7,9-10,13H,6H2,1-2H3,(H,18,19)(H,20,21)/t9?,10?,13-/m0/s1. The van der Waals surface area contributed by atoms with Gasteiger partial charge in [-0.25, -0.2) is 4.79 Å². The summed E-state index contributed by atoms with van der Waals surface area (Å²) in [5.41, 5.74) is 0.848. The van der Waals surface area contributed by atoms with Gasteiger partial charge in [0.05, 0.1) is 10.0 Å². The highest BCUT2D eigenvalue weighted by Gasteiger charge is 2.46. The van der Waals surface area contributed by atoms with Gasteiger partial charge in [0.2, 0.25) is 5.91 Å². The third-order valence-electron chi connectivity index (χ3n) is 3.74. The Bertz CT molecular complexity index is 574. The number of amides is 1. The van der Waals surface area contributed by atoms with Crippen molar-refractivity contribution < 1.29 is 14.7 Å². The molecule has 6 heteroatoms. The van der Waals surface area contributed by atoms with Gasteiger partial charge in [-0.1, -0.05) is 49.2 Å². The summed E-state index contributed by atoms with van der Waals surface area (Å²) in [5.74, 6) is -1.65. The van der Waals surface area contributed by atoms with Crippen LogP contribution in [-0.2, 0) is 9.59 Å². The summed E-state index contributed by atoms with van der Waals surface area (Å²) < 4.78 is 0. The number of nitrogens with one attached hydrogen (secondary N) is 1. The second kappa shape index (κ2) is 6.24. The SMILES string of the molecule is CC(C)[C@H](NC(=O)C1CC1c1cccc(Cl)c1Cl)C(=O)O. The van der Waals surface area contributed by atoms with Crippen LogP contribution in [0.25, 0.3) is 0 Å². The van der Waals surface area contributed by atoms with Crippen molar-refractivity contribution in [3.63, 3.8) is 0 Å². The Morgan fingerprint density at radius 2 is 2.00 bits per heavy atom. The molecule has 0 heterocycles. The van der Waals surface area contributed by atoms with Gasteiger partial charge in [0, 0.05) is 5.92 Å². The summed E-state index contributed by atoms with van der Waals surface area (Å²) in [4.78, 5) is 23.3. The van der Waals surface area contributed by atoms with Gasteiger partial charge in [-0.15, -0.1) is 0 Å². The lowest BCUT2D eigenvalue weighted by Gasteiger charge is -2.18. The summed E-state index contributed by atoms with van der Waals surface area (Å²) in [6, 6.07) is 4.48. The molecule has 1 aliphatic rings. The average Bonchev–Trinajstić information content (AvgIpc) is 3.18. The summed E-state index contributed by atoms with van der Waals surface area (Å²) in [6.45, 7) is 3.52. The normalized spacial score (nSPS) is 22.0. The summed E-state index contributed by atoms with van der Waals surface area (Å²) in [7, 11) is 0. The van der Waals surface area contributed by atoms with Crippen LogP contribution in [-0.4, -0.2) is 23.0 Å². The fourth-order valence-electron chi connectivity index (χ4n) is 2.41. The molecule has 0 bridgehead atoms. The van der Waals surface area contributed by atoms with Crippen LogP contribution in [0.5, 0.6) is 0 Å². The van der Waals surface area contributed by atoms with Crippen molar-refractivity contribution in [3.05, 3.63) is 33.8 Å². The third kappa shape index (κ3) is 3.50. The minimum atomic E-state index is -1.02. The Kier molecular flexibility index (Phi) is 4.79. The van der Waals surface area contributed by atoms with Crippen molar-refractivity contribution >= 4 is 35.1 Å². The van der Waals surface area contributed by atoms with E-state index in [0.717, 1.165) is 5.56 Å². The van der Waals surface area contributed by atoms with Crippen LogP contribution < -0.4 is 5.32 Å². The molecular weight excluding hydrogens is 313 g/mol. The number of halogens is 2. The lowest BCUT2D eigenvalue weighted by atomic mass is 10.0. The van der Waals surface area contributed by atoms with Crippen molar-refractivity contribution in [3.8, 4) is 0 Å². The molecule has 0 aliphatic heterocycles. The molecule has 2 rings (SSSR count). The van der Waals surface area contributed by atoms with Crippen LogP contribution >= 0.6 is 23.2 Å². The number of hydrogen-bond donors (Lipinski definition) is 2. The third-order valence-corrected chi connectivity index (χ3v) is 4.57. The van der Waals surface area contributed by atoms with Crippen LogP contribution in [0.3, 0.4) is 0 Å². The molecule has 1 aliphatic carbocycles. The summed E-state index contributed by atoms with van der Waals surface area (Å²) >= 11 is 12.1. The Balaban J connectivity index is 2.04. The van der Waals surface area contributed by atoms with E-state index in [1.54, 1.807) is 26.0 Å². The Labute approximate surface area is 133 Å². The lowest BCUT2D eigenvalue weighted by molar-refractivity contribution is -0.143. The van der Waals surface area contributed by atoms with Crippen molar-refractivity contribution in [2.75, 3.05) is 0 Å². The molecule has 2 N–H and O–H groups in total. The van der Waals surface area contributed by atoms with Gasteiger partial charge < -0.3 is 10.4 Å². The largest absolute Gasteiger partial charge is 0.480 e. The maximum atomic E-state index is 12.2. The first-order chi connectivity index (χ1) is 9.82. The van der Waals surface area contributed by atoms with E-state index in [4.69, 9.17) is 28.3 Å². The number of carbonyl (C=O) groups excluding carboxylic acids is 1. The lowest BCUT2D eigenvalue weighted by Crippen LogP contribution is -2.45.